The Bertz CT molecular complexity index is 1060. The Kier molecular flexibility index (Phi) is 8.76. The maximum atomic E-state index is 9.61. The average Bonchev–Trinajstić information content (AvgIpc) is 2.81. The van der Waals surface area contributed by atoms with Crippen molar-refractivity contribution in [3.8, 4) is 11.1 Å². The maximum absolute atomic E-state index is 9.61. The van der Waals surface area contributed by atoms with Gasteiger partial charge in [-0.15, -0.1) is 12.4 Å². The molecule has 32 heavy (non-hydrogen) atoms. The minimum absolute atomic E-state index is 0. The highest BCUT2D eigenvalue weighted by molar-refractivity contribution is 7.99. The Morgan fingerprint density at radius 3 is 2.53 bits per heavy atom. The van der Waals surface area contributed by atoms with Gasteiger partial charge in [0.05, 0.1) is 11.6 Å². The number of nitrogens with two attached hydrogens (primary N) is 1. The number of pyridine rings is 2. The molecule has 0 spiro atoms. The average molecular weight is 492 g/mol. The normalized spacial score (nSPS) is 14.3. The predicted molar refractivity (Wildman–Crippen MR) is 134 cm³/mol. The van der Waals surface area contributed by atoms with Gasteiger partial charge in [0.15, 0.2) is 0 Å². The minimum atomic E-state index is -0.0735. The zero-order valence-electron chi connectivity index (χ0n) is 17.9. The largest absolute Gasteiger partial charge is 0.392 e. The lowest BCUT2D eigenvalue weighted by Crippen LogP contribution is -2.44. The molecule has 3 aromatic rings. The van der Waals surface area contributed by atoms with Gasteiger partial charge in [-0.3, -0.25) is 0 Å². The summed E-state index contributed by atoms with van der Waals surface area (Å²) >= 11 is 8.15. The van der Waals surface area contributed by atoms with Crippen LogP contribution in [0.3, 0.4) is 0 Å². The Hall–Kier alpha value is -1.87. The first kappa shape index (κ1) is 24.8. The van der Waals surface area contributed by atoms with Crippen LogP contribution in [0.2, 0.25) is 5.02 Å². The molecule has 0 amide bonds. The van der Waals surface area contributed by atoms with Gasteiger partial charge in [0.25, 0.3) is 0 Å². The fourth-order valence-corrected chi connectivity index (χ4v) is 4.98. The van der Waals surface area contributed by atoms with Gasteiger partial charge in [0, 0.05) is 55.6 Å². The number of benzene rings is 1. The van der Waals surface area contributed by atoms with E-state index in [0.29, 0.717) is 11.6 Å². The molecule has 4 rings (SSSR count). The van der Waals surface area contributed by atoms with Crippen LogP contribution in [-0.4, -0.2) is 53.2 Å². The molecular formula is C23H27Cl2N5OS. The third-order valence-electron chi connectivity index (χ3n) is 5.47. The van der Waals surface area contributed by atoms with Crippen LogP contribution in [0.25, 0.3) is 11.1 Å². The summed E-state index contributed by atoms with van der Waals surface area (Å²) in [6.07, 6.45) is 3.56. The van der Waals surface area contributed by atoms with Crippen LogP contribution >= 0.6 is 35.8 Å². The molecule has 0 bridgehead atoms. The van der Waals surface area contributed by atoms with Crippen molar-refractivity contribution in [2.24, 2.45) is 5.73 Å². The van der Waals surface area contributed by atoms with Gasteiger partial charge in [-0.05, 0) is 54.1 Å². The van der Waals surface area contributed by atoms with Gasteiger partial charge >= 0.3 is 0 Å². The standard InChI is InChI=1S/C23H26ClN5OS.ClH/c1-28-7-9-29(10-8-28)21-13-16(4-6-26-21)18-11-19(14-25)22(20(24)12-18)31-23-17(15-30)3-2-5-27-23;/h2-6,11-13,30H,7-10,14-15,25H2,1H3;1H. The third kappa shape index (κ3) is 5.54. The smallest absolute Gasteiger partial charge is 0.129 e. The Morgan fingerprint density at radius 1 is 1.03 bits per heavy atom. The second-order valence-corrected chi connectivity index (χ2v) is 8.98. The maximum Gasteiger partial charge on any atom is 0.129 e. The van der Waals surface area contributed by atoms with Gasteiger partial charge in [0.2, 0.25) is 0 Å². The number of halogens is 2. The first-order valence-electron chi connectivity index (χ1n) is 10.2. The molecule has 1 aliphatic rings. The number of aromatic nitrogens is 2. The zero-order valence-corrected chi connectivity index (χ0v) is 20.3. The van der Waals surface area contributed by atoms with Crippen molar-refractivity contribution < 1.29 is 5.11 Å². The predicted octanol–water partition coefficient (Wildman–Crippen LogP) is 4.07. The van der Waals surface area contributed by atoms with Crippen molar-refractivity contribution in [3.63, 3.8) is 0 Å². The Balaban J connectivity index is 0.00000289. The van der Waals surface area contributed by atoms with Crippen molar-refractivity contribution >= 4 is 41.6 Å². The monoisotopic (exact) mass is 491 g/mol. The van der Waals surface area contributed by atoms with Crippen LogP contribution in [-0.2, 0) is 13.2 Å². The number of hydrogen-bond donors (Lipinski definition) is 2. The van der Waals surface area contributed by atoms with Crippen LogP contribution in [0, 0.1) is 0 Å². The van der Waals surface area contributed by atoms with Gasteiger partial charge in [-0.1, -0.05) is 29.4 Å². The van der Waals surface area contributed by atoms with Crippen molar-refractivity contribution in [1.82, 2.24) is 14.9 Å². The van der Waals surface area contributed by atoms with Gasteiger partial charge < -0.3 is 20.6 Å². The fourth-order valence-electron chi connectivity index (χ4n) is 3.62. The molecular weight excluding hydrogens is 465 g/mol. The number of aliphatic hydroxyl groups is 1. The number of likely N-dealkylation sites (N-methyl/N-ethyl adjacent to an activating group) is 1. The van der Waals surface area contributed by atoms with Crippen LogP contribution in [0.5, 0.6) is 0 Å². The van der Waals surface area contributed by atoms with Crippen molar-refractivity contribution in [2.45, 2.75) is 23.1 Å². The number of piperazine rings is 1. The van der Waals surface area contributed by atoms with Crippen LogP contribution < -0.4 is 10.6 Å². The van der Waals surface area contributed by atoms with Crippen LogP contribution in [0.1, 0.15) is 11.1 Å². The molecule has 1 aromatic carbocycles. The molecule has 6 nitrogen and oxygen atoms in total. The van der Waals surface area contributed by atoms with Crippen LogP contribution in [0.4, 0.5) is 5.82 Å². The molecule has 1 aliphatic heterocycles. The summed E-state index contributed by atoms with van der Waals surface area (Å²) in [7, 11) is 2.14. The van der Waals surface area contributed by atoms with E-state index in [1.807, 2.05) is 30.5 Å². The van der Waals surface area contributed by atoms with E-state index in [1.54, 1.807) is 6.20 Å². The topological polar surface area (TPSA) is 78.5 Å². The van der Waals surface area contributed by atoms with E-state index in [4.69, 9.17) is 17.3 Å². The quantitative estimate of drug-likeness (QED) is 0.537. The second kappa shape index (κ2) is 11.3. The fraction of sp³-hybridized carbons (Fsp3) is 0.304. The highest BCUT2D eigenvalue weighted by Gasteiger charge is 2.17. The first-order chi connectivity index (χ1) is 15.1. The lowest BCUT2D eigenvalue weighted by atomic mass is 10.0. The van der Waals surface area contributed by atoms with Crippen molar-refractivity contribution in [1.29, 1.82) is 0 Å². The lowest BCUT2D eigenvalue weighted by Gasteiger charge is -2.33. The third-order valence-corrected chi connectivity index (χ3v) is 7.12. The summed E-state index contributed by atoms with van der Waals surface area (Å²) in [5.74, 6) is 0.982. The first-order valence-corrected chi connectivity index (χ1v) is 11.4. The molecule has 0 unspecified atom stereocenters. The molecule has 0 aliphatic carbocycles. The van der Waals surface area contributed by atoms with Gasteiger partial charge in [0.1, 0.15) is 10.8 Å². The van der Waals surface area contributed by atoms with Gasteiger partial charge in [-0.25, -0.2) is 9.97 Å². The molecule has 9 heteroatoms. The summed E-state index contributed by atoms with van der Waals surface area (Å²) in [4.78, 5) is 14.5. The summed E-state index contributed by atoms with van der Waals surface area (Å²) in [5, 5.41) is 11.0. The summed E-state index contributed by atoms with van der Waals surface area (Å²) in [5.41, 5.74) is 9.86. The zero-order chi connectivity index (χ0) is 21.8. The molecule has 170 valence electrons. The van der Waals surface area contributed by atoms with E-state index >= 15 is 0 Å². The van der Waals surface area contributed by atoms with E-state index < -0.39 is 0 Å². The van der Waals surface area contributed by atoms with Crippen LogP contribution in [0.15, 0.2) is 58.7 Å². The number of nitrogens with zero attached hydrogens (tertiary/aromatic N) is 4. The van der Waals surface area contributed by atoms with Crippen molar-refractivity contribution in [2.75, 3.05) is 38.1 Å². The SMILES string of the molecule is CN1CCN(c2cc(-c3cc(Cl)c(Sc4ncccc4CO)c(CN)c3)ccn2)CC1.Cl. The summed E-state index contributed by atoms with van der Waals surface area (Å²) in [6, 6.07) is 11.8. The lowest BCUT2D eigenvalue weighted by molar-refractivity contribution is 0.278. The summed E-state index contributed by atoms with van der Waals surface area (Å²) in [6.45, 7) is 4.28. The number of aliphatic hydroxyl groups excluding tert-OH is 1. The molecule has 0 atom stereocenters. The number of hydrogen-bond acceptors (Lipinski definition) is 7. The summed E-state index contributed by atoms with van der Waals surface area (Å²) < 4.78 is 0. The molecule has 0 radical (unpaired) electrons. The minimum Gasteiger partial charge on any atom is -0.392 e. The van der Waals surface area contributed by atoms with E-state index in [2.05, 4.69) is 38.9 Å². The molecule has 3 N–H and O–H groups in total. The molecule has 1 saturated heterocycles. The molecule has 0 saturated carbocycles. The van der Waals surface area contributed by atoms with E-state index in [-0.39, 0.29) is 19.0 Å². The van der Waals surface area contributed by atoms with Crippen molar-refractivity contribution in [3.05, 3.63) is 64.9 Å². The highest BCUT2D eigenvalue weighted by atomic mass is 35.5. The second-order valence-electron chi connectivity index (χ2n) is 7.57. The van der Waals surface area contributed by atoms with E-state index in [0.717, 1.165) is 64.2 Å². The highest BCUT2D eigenvalue weighted by Crippen LogP contribution is 2.39. The molecule has 3 heterocycles. The van der Waals surface area contributed by atoms with E-state index in [1.165, 1.54) is 11.8 Å². The number of rotatable bonds is 6. The van der Waals surface area contributed by atoms with Gasteiger partial charge in [-0.2, -0.15) is 0 Å². The number of anilines is 1. The van der Waals surface area contributed by atoms with E-state index in [9.17, 15) is 5.11 Å². The molecule has 2 aromatic heterocycles. The molecule has 1 fully saturated rings. The Morgan fingerprint density at radius 2 is 1.81 bits per heavy atom. The Labute approximate surface area is 204 Å².